The normalized spacial score (nSPS) is 10.4. The fourth-order valence-electron chi connectivity index (χ4n) is 2.15. The summed E-state index contributed by atoms with van der Waals surface area (Å²) in [6.45, 7) is 2.06. The Hall–Kier alpha value is -1.61. The Kier molecular flexibility index (Phi) is 5.57. The van der Waals surface area contributed by atoms with Gasteiger partial charge in [-0.15, -0.1) is 0 Å². The molecule has 0 aliphatic rings. The number of halogens is 1. The highest BCUT2D eigenvalue weighted by Crippen LogP contribution is 2.23. The molecule has 2 aromatic carbocycles. The highest BCUT2D eigenvalue weighted by atomic mass is 79.9. The zero-order valence-electron chi connectivity index (χ0n) is 12.4. The van der Waals surface area contributed by atoms with Gasteiger partial charge in [-0.3, -0.25) is 4.79 Å². The van der Waals surface area contributed by atoms with Crippen LogP contribution < -0.4 is 4.74 Å². The van der Waals surface area contributed by atoms with Crippen molar-refractivity contribution in [2.75, 3.05) is 7.11 Å². The van der Waals surface area contributed by atoms with Crippen LogP contribution in [0.25, 0.3) is 0 Å². The number of hydrogen-bond acceptors (Lipinski definition) is 2. The molecule has 21 heavy (non-hydrogen) atoms. The molecule has 2 rings (SSSR count). The molecule has 2 nitrogen and oxygen atoms in total. The van der Waals surface area contributed by atoms with Gasteiger partial charge in [0, 0.05) is 17.3 Å². The maximum Gasteiger partial charge on any atom is 0.137 e. The zero-order chi connectivity index (χ0) is 15.2. The molecule has 2 aromatic rings. The summed E-state index contributed by atoms with van der Waals surface area (Å²) in [7, 11) is 1.63. The Labute approximate surface area is 134 Å². The summed E-state index contributed by atoms with van der Waals surface area (Å²) in [5, 5.41) is 0. The summed E-state index contributed by atoms with van der Waals surface area (Å²) >= 11 is 3.48. The van der Waals surface area contributed by atoms with Gasteiger partial charge in [0.25, 0.3) is 0 Å². The number of aryl methyl sites for hydroxylation is 2. The van der Waals surface area contributed by atoms with E-state index in [1.807, 2.05) is 18.2 Å². The van der Waals surface area contributed by atoms with Crippen LogP contribution >= 0.6 is 15.9 Å². The molecule has 0 radical (unpaired) electrons. The van der Waals surface area contributed by atoms with Crippen LogP contribution in [0.15, 0.2) is 46.9 Å². The fraction of sp³-hybridized carbons (Fsp3) is 0.278. The van der Waals surface area contributed by atoms with Crippen molar-refractivity contribution in [3.05, 3.63) is 63.6 Å². The van der Waals surface area contributed by atoms with Gasteiger partial charge < -0.3 is 4.74 Å². The van der Waals surface area contributed by atoms with E-state index in [-0.39, 0.29) is 5.78 Å². The predicted molar refractivity (Wildman–Crippen MR) is 88.9 cm³/mol. The first kappa shape index (κ1) is 15.8. The maximum atomic E-state index is 12.1. The molecule has 0 amide bonds. The molecule has 0 N–H and O–H groups in total. The van der Waals surface area contributed by atoms with Crippen molar-refractivity contribution >= 4 is 21.7 Å². The standard InChI is InChI=1S/C18H19BrO2/c1-13-3-5-14(6-4-13)7-8-16(20)11-15-12-17(21-2)9-10-18(15)19/h3-6,9-10,12H,7-8,11H2,1-2H3. The van der Waals surface area contributed by atoms with Crippen LogP contribution in [0.3, 0.4) is 0 Å². The average Bonchev–Trinajstić information content (AvgIpc) is 2.49. The Morgan fingerprint density at radius 3 is 2.52 bits per heavy atom. The van der Waals surface area contributed by atoms with E-state index in [0.29, 0.717) is 12.8 Å². The minimum Gasteiger partial charge on any atom is -0.497 e. The van der Waals surface area contributed by atoms with Crippen LogP contribution in [-0.4, -0.2) is 12.9 Å². The Morgan fingerprint density at radius 1 is 1.14 bits per heavy atom. The lowest BCUT2D eigenvalue weighted by Crippen LogP contribution is -2.05. The first-order chi connectivity index (χ1) is 10.1. The van der Waals surface area contributed by atoms with E-state index < -0.39 is 0 Å². The van der Waals surface area contributed by atoms with Crippen LogP contribution in [0, 0.1) is 6.92 Å². The van der Waals surface area contributed by atoms with Crippen molar-refractivity contribution < 1.29 is 9.53 Å². The Bertz CT molecular complexity index is 618. The van der Waals surface area contributed by atoms with E-state index in [2.05, 4.69) is 47.1 Å². The summed E-state index contributed by atoms with van der Waals surface area (Å²) in [6.07, 6.45) is 1.79. The van der Waals surface area contributed by atoms with Gasteiger partial charge >= 0.3 is 0 Å². The predicted octanol–water partition coefficient (Wildman–Crippen LogP) is 4.51. The molecule has 110 valence electrons. The summed E-state index contributed by atoms with van der Waals surface area (Å²) in [5.41, 5.74) is 3.42. The van der Waals surface area contributed by atoms with Gasteiger partial charge in [-0.25, -0.2) is 0 Å². The van der Waals surface area contributed by atoms with E-state index in [0.717, 1.165) is 22.2 Å². The van der Waals surface area contributed by atoms with Crippen molar-refractivity contribution in [2.24, 2.45) is 0 Å². The number of Topliss-reactive ketones (excluding diaryl/α,β-unsaturated/α-hetero) is 1. The number of rotatable bonds is 6. The largest absolute Gasteiger partial charge is 0.497 e. The first-order valence-corrected chi connectivity index (χ1v) is 7.77. The number of hydrogen-bond donors (Lipinski definition) is 0. The van der Waals surface area contributed by atoms with Crippen LogP contribution in [0.2, 0.25) is 0 Å². The number of methoxy groups -OCH3 is 1. The molecule has 0 atom stereocenters. The molecule has 0 aliphatic carbocycles. The second kappa shape index (κ2) is 7.41. The van der Waals surface area contributed by atoms with Gasteiger partial charge in [-0.05, 0) is 42.7 Å². The lowest BCUT2D eigenvalue weighted by atomic mass is 10.0. The minimum atomic E-state index is 0.240. The van der Waals surface area contributed by atoms with Crippen molar-refractivity contribution in [2.45, 2.75) is 26.2 Å². The molecule has 0 heterocycles. The second-order valence-electron chi connectivity index (χ2n) is 5.16. The number of ether oxygens (including phenoxy) is 1. The highest BCUT2D eigenvalue weighted by molar-refractivity contribution is 9.10. The summed E-state index contributed by atoms with van der Waals surface area (Å²) in [4.78, 5) is 12.1. The smallest absolute Gasteiger partial charge is 0.137 e. The topological polar surface area (TPSA) is 26.3 Å². The zero-order valence-corrected chi connectivity index (χ0v) is 13.9. The molecule has 0 aromatic heterocycles. The highest BCUT2D eigenvalue weighted by Gasteiger charge is 2.09. The molecule has 0 saturated heterocycles. The quantitative estimate of drug-likeness (QED) is 0.769. The second-order valence-corrected chi connectivity index (χ2v) is 6.01. The molecule has 0 unspecified atom stereocenters. The van der Waals surface area contributed by atoms with Gasteiger partial charge in [0.05, 0.1) is 7.11 Å². The number of ketones is 1. The third-order valence-electron chi connectivity index (χ3n) is 3.45. The van der Waals surface area contributed by atoms with Gasteiger partial charge in [-0.2, -0.15) is 0 Å². The van der Waals surface area contributed by atoms with E-state index >= 15 is 0 Å². The fourth-order valence-corrected chi connectivity index (χ4v) is 2.54. The lowest BCUT2D eigenvalue weighted by molar-refractivity contribution is -0.118. The molecule has 0 spiro atoms. The van der Waals surface area contributed by atoms with E-state index in [9.17, 15) is 4.79 Å². The number of carbonyl (C=O) groups excluding carboxylic acids is 1. The molecule has 0 bridgehead atoms. The van der Waals surface area contributed by atoms with E-state index in [1.165, 1.54) is 11.1 Å². The minimum absolute atomic E-state index is 0.240. The Balaban J connectivity index is 1.94. The summed E-state index contributed by atoms with van der Waals surface area (Å²) in [6, 6.07) is 14.0. The summed E-state index contributed by atoms with van der Waals surface area (Å²) < 4.78 is 6.15. The van der Waals surface area contributed by atoms with Crippen LogP contribution in [-0.2, 0) is 17.6 Å². The van der Waals surface area contributed by atoms with Crippen molar-refractivity contribution in [3.63, 3.8) is 0 Å². The molecule has 3 heteroatoms. The van der Waals surface area contributed by atoms with Crippen LogP contribution in [0.5, 0.6) is 5.75 Å². The van der Waals surface area contributed by atoms with E-state index in [1.54, 1.807) is 7.11 Å². The average molecular weight is 347 g/mol. The van der Waals surface area contributed by atoms with Crippen LogP contribution in [0.4, 0.5) is 0 Å². The van der Waals surface area contributed by atoms with Crippen LogP contribution in [0.1, 0.15) is 23.1 Å². The SMILES string of the molecule is COc1ccc(Br)c(CC(=O)CCc2ccc(C)cc2)c1. The third kappa shape index (κ3) is 4.71. The Morgan fingerprint density at radius 2 is 1.86 bits per heavy atom. The van der Waals surface area contributed by atoms with Crippen molar-refractivity contribution in [1.29, 1.82) is 0 Å². The first-order valence-electron chi connectivity index (χ1n) is 6.98. The monoisotopic (exact) mass is 346 g/mol. The van der Waals surface area contributed by atoms with E-state index in [4.69, 9.17) is 4.74 Å². The van der Waals surface area contributed by atoms with Gasteiger partial charge in [-0.1, -0.05) is 45.8 Å². The van der Waals surface area contributed by atoms with Gasteiger partial charge in [0.2, 0.25) is 0 Å². The van der Waals surface area contributed by atoms with Gasteiger partial charge in [0.1, 0.15) is 11.5 Å². The molecule has 0 aliphatic heterocycles. The lowest BCUT2D eigenvalue weighted by Gasteiger charge is -2.07. The summed E-state index contributed by atoms with van der Waals surface area (Å²) in [5.74, 6) is 1.02. The van der Waals surface area contributed by atoms with Gasteiger partial charge in [0.15, 0.2) is 0 Å². The third-order valence-corrected chi connectivity index (χ3v) is 4.23. The number of benzene rings is 2. The number of carbonyl (C=O) groups is 1. The molecule has 0 saturated carbocycles. The molecule has 0 fully saturated rings. The maximum absolute atomic E-state index is 12.1. The van der Waals surface area contributed by atoms with Crippen molar-refractivity contribution in [3.8, 4) is 5.75 Å². The molecular formula is C18H19BrO2. The van der Waals surface area contributed by atoms with Crippen molar-refractivity contribution in [1.82, 2.24) is 0 Å². The molecular weight excluding hydrogens is 328 g/mol.